The van der Waals surface area contributed by atoms with E-state index < -0.39 is 17.5 Å². The van der Waals surface area contributed by atoms with E-state index in [1.807, 2.05) is 17.5 Å². The number of nitrogens with one attached hydrogen (secondary N) is 2. The number of hydrogen-bond donors (Lipinski definition) is 2. The lowest BCUT2D eigenvalue weighted by atomic mass is 9.77. The summed E-state index contributed by atoms with van der Waals surface area (Å²) in [5, 5.41) is 11.4. The number of imide groups is 1. The van der Waals surface area contributed by atoms with Crippen molar-refractivity contribution in [3.63, 3.8) is 0 Å². The Bertz CT molecular complexity index is 889. The molecule has 4 amide bonds. The number of benzene rings is 1. The van der Waals surface area contributed by atoms with Crippen molar-refractivity contribution in [2.75, 3.05) is 11.9 Å². The standard InChI is InChI=1S/C19H21N5O3S/c1-12-6-8-19(9-7-12)17(26)24(18(27)21-19)10-16(25)20-14-4-2-13(3-5-14)15-11-28-23-22-15/h2-5,11-12H,6-10H2,1H3,(H,20,25)(H,21,27). The van der Waals surface area contributed by atoms with Gasteiger partial charge < -0.3 is 10.6 Å². The van der Waals surface area contributed by atoms with E-state index in [1.54, 1.807) is 12.1 Å². The van der Waals surface area contributed by atoms with Gasteiger partial charge in [0.25, 0.3) is 5.91 Å². The van der Waals surface area contributed by atoms with Crippen LogP contribution in [-0.2, 0) is 9.59 Å². The van der Waals surface area contributed by atoms with Crippen molar-refractivity contribution in [2.24, 2.45) is 5.92 Å². The highest BCUT2D eigenvalue weighted by Gasteiger charge is 2.52. The lowest BCUT2D eigenvalue weighted by Gasteiger charge is -2.33. The number of urea groups is 1. The summed E-state index contributed by atoms with van der Waals surface area (Å²) in [7, 11) is 0. The van der Waals surface area contributed by atoms with Gasteiger partial charge in [0, 0.05) is 16.6 Å². The van der Waals surface area contributed by atoms with Crippen LogP contribution in [0.2, 0.25) is 0 Å². The monoisotopic (exact) mass is 399 g/mol. The maximum atomic E-state index is 12.8. The van der Waals surface area contributed by atoms with E-state index in [4.69, 9.17) is 0 Å². The fourth-order valence-electron chi connectivity index (χ4n) is 3.77. The van der Waals surface area contributed by atoms with Gasteiger partial charge in [-0.1, -0.05) is 23.5 Å². The van der Waals surface area contributed by atoms with E-state index in [0.29, 0.717) is 24.4 Å². The normalized spacial score (nSPS) is 24.5. The van der Waals surface area contributed by atoms with Crippen LogP contribution in [0, 0.1) is 5.92 Å². The molecule has 2 fully saturated rings. The predicted octanol–water partition coefficient (Wildman–Crippen LogP) is 2.64. The van der Waals surface area contributed by atoms with Gasteiger partial charge in [0.2, 0.25) is 5.91 Å². The van der Waals surface area contributed by atoms with E-state index in [2.05, 4.69) is 27.1 Å². The van der Waals surface area contributed by atoms with Gasteiger partial charge in [0.15, 0.2) is 0 Å². The highest BCUT2D eigenvalue weighted by Crippen LogP contribution is 2.36. The molecular formula is C19H21N5O3S. The Hall–Kier alpha value is -2.81. The molecule has 1 aromatic heterocycles. The van der Waals surface area contributed by atoms with Crippen LogP contribution < -0.4 is 10.6 Å². The fraction of sp³-hybridized carbons (Fsp3) is 0.421. The van der Waals surface area contributed by atoms with E-state index >= 15 is 0 Å². The number of hydrogen-bond acceptors (Lipinski definition) is 6. The third-order valence-electron chi connectivity index (χ3n) is 5.50. The maximum Gasteiger partial charge on any atom is 0.325 e. The third kappa shape index (κ3) is 3.49. The van der Waals surface area contributed by atoms with Crippen LogP contribution in [0.1, 0.15) is 32.6 Å². The molecular weight excluding hydrogens is 378 g/mol. The van der Waals surface area contributed by atoms with Gasteiger partial charge in [-0.2, -0.15) is 0 Å². The minimum atomic E-state index is -0.826. The Morgan fingerprint density at radius 3 is 2.64 bits per heavy atom. The lowest BCUT2D eigenvalue weighted by molar-refractivity contribution is -0.135. The molecule has 1 aliphatic heterocycles. The minimum Gasteiger partial charge on any atom is -0.325 e. The summed E-state index contributed by atoms with van der Waals surface area (Å²) in [6.07, 6.45) is 3.05. The quantitative estimate of drug-likeness (QED) is 0.769. The smallest absolute Gasteiger partial charge is 0.325 e. The third-order valence-corrected chi connectivity index (χ3v) is 6.00. The zero-order valence-corrected chi connectivity index (χ0v) is 16.3. The highest BCUT2D eigenvalue weighted by molar-refractivity contribution is 7.03. The molecule has 28 heavy (non-hydrogen) atoms. The molecule has 2 aromatic rings. The van der Waals surface area contributed by atoms with Crippen molar-refractivity contribution in [3.05, 3.63) is 29.6 Å². The minimum absolute atomic E-state index is 0.286. The Kier molecular flexibility index (Phi) is 4.84. The zero-order valence-electron chi connectivity index (χ0n) is 15.5. The first kappa shape index (κ1) is 18.5. The SMILES string of the molecule is CC1CCC2(CC1)NC(=O)N(CC(=O)Nc1ccc(-c3csnn3)cc1)C2=O. The second kappa shape index (κ2) is 7.31. The molecule has 1 aliphatic carbocycles. The summed E-state index contributed by atoms with van der Waals surface area (Å²) in [6.45, 7) is 1.86. The fourth-order valence-corrected chi connectivity index (χ4v) is 4.24. The molecule has 0 radical (unpaired) electrons. The van der Waals surface area contributed by atoms with E-state index in [0.717, 1.165) is 29.0 Å². The second-order valence-electron chi connectivity index (χ2n) is 7.50. The molecule has 1 spiro atoms. The molecule has 1 saturated carbocycles. The lowest BCUT2D eigenvalue weighted by Crippen LogP contribution is -2.49. The average Bonchev–Trinajstić information content (AvgIpc) is 3.29. The first-order chi connectivity index (χ1) is 13.5. The van der Waals surface area contributed by atoms with Gasteiger partial charge in [0.1, 0.15) is 17.8 Å². The van der Waals surface area contributed by atoms with Gasteiger partial charge in [-0.15, -0.1) is 5.10 Å². The summed E-state index contributed by atoms with van der Waals surface area (Å²) in [4.78, 5) is 38.5. The van der Waals surface area contributed by atoms with Gasteiger partial charge >= 0.3 is 6.03 Å². The zero-order chi connectivity index (χ0) is 19.7. The van der Waals surface area contributed by atoms with Crippen LogP contribution >= 0.6 is 11.5 Å². The Morgan fingerprint density at radius 2 is 2.00 bits per heavy atom. The summed E-state index contributed by atoms with van der Waals surface area (Å²) in [5.74, 6) is -0.144. The van der Waals surface area contributed by atoms with E-state index in [9.17, 15) is 14.4 Å². The molecule has 0 unspecified atom stereocenters. The van der Waals surface area contributed by atoms with Gasteiger partial charge in [-0.05, 0) is 55.3 Å². The second-order valence-corrected chi connectivity index (χ2v) is 8.11. The number of anilines is 1. The molecule has 0 bridgehead atoms. The molecule has 1 saturated heterocycles. The van der Waals surface area contributed by atoms with Crippen LogP contribution in [0.25, 0.3) is 11.3 Å². The van der Waals surface area contributed by atoms with Crippen LogP contribution in [0.15, 0.2) is 29.6 Å². The molecule has 0 atom stereocenters. The van der Waals surface area contributed by atoms with E-state index in [-0.39, 0.29) is 12.5 Å². The molecule has 9 heteroatoms. The topological polar surface area (TPSA) is 104 Å². The summed E-state index contributed by atoms with van der Waals surface area (Å²) < 4.78 is 3.83. The van der Waals surface area contributed by atoms with Crippen molar-refractivity contribution in [1.29, 1.82) is 0 Å². The number of amides is 4. The van der Waals surface area contributed by atoms with Crippen molar-refractivity contribution >= 4 is 35.1 Å². The van der Waals surface area contributed by atoms with Crippen LogP contribution in [0.5, 0.6) is 0 Å². The molecule has 4 rings (SSSR count). The highest BCUT2D eigenvalue weighted by atomic mass is 32.1. The predicted molar refractivity (Wildman–Crippen MR) is 105 cm³/mol. The number of carbonyl (C=O) groups excluding carboxylic acids is 3. The van der Waals surface area contributed by atoms with Crippen LogP contribution in [-0.4, -0.2) is 44.4 Å². The number of nitrogens with zero attached hydrogens (tertiary/aromatic N) is 3. The summed E-state index contributed by atoms with van der Waals surface area (Å²) in [5.41, 5.74) is 1.43. The van der Waals surface area contributed by atoms with Gasteiger partial charge in [-0.3, -0.25) is 14.5 Å². The first-order valence-electron chi connectivity index (χ1n) is 9.28. The molecule has 2 aliphatic rings. The van der Waals surface area contributed by atoms with E-state index in [1.165, 1.54) is 11.5 Å². The molecule has 2 N–H and O–H groups in total. The largest absolute Gasteiger partial charge is 0.325 e. The average molecular weight is 399 g/mol. The molecule has 8 nitrogen and oxygen atoms in total. The molecule has 146 valence electrons. The van der Waals surface area contributed by atoms with Gasteiger partial charge in [-0.25, -0.2) is 4.79 Å². The van der Waals surface area contributed by atoms with Crippen molar-refractivity contribution in [2.45, 2.75) is 38.1 Å². The first-order valence-corrected chi connectivity index (χ1v) is 10.1. The number of rotatable bonds is 4. The van der Waals surface area contributed by atoms with Crippen molar-refractivity contribution in [1.82, 2.24) is 19.8 Å². The maximum absolute atomic E-state index is 12.8. The summed E-state index contributed by atoms with van der Waals surface area (Å²) >= 11 is 1.27. The Morgan fingerprint density at radius 1 is 1.29 bits per heavy atom. The Labute approximate surface area is 166 Å². The molecule has 2 heterocycles. The van der Waals surface area contributed by atoms with Crippen LogP contribution in [0.4, 0.5) is 10.5 Å². The summed E-state index contributed by atoms with van der Waals surface area (Å²) in [6, 6.07) is 6.68. The van der Waals surface area contributed by atoms with Gasteiger partial charge in [0.05, 0.1) is 0 Å². The van der Waals surface area contributed by atoms with Crippen molar-refractivity contribution < 1.29 is 14.4 Å². The number of aromatic nitrogens is 2. The van der Waals surface area contributed by atoms with Crippen molar-refractivity contribution in [3.8, 4) is 11.3 Å². The molecule has 1 aromatic carbocycles. The number of carbonyl (C=O) groups is 3. The van der Waals surface area contributed by atoms with Crippen LogP contribution in [0.3, 0.4) is 0 Å². The Balaban J connectivity index is 1.38.